The first-order valence-corrected chi connectivity index (χ1v) is 9.21. The Morgan fingerprint density at radius 1 is 0.897 bits per heavy atom. The van der Waals surface area contributed by atoms with Gasteiger partial charge in [-0.05, 0) is 47.9 Å². The average Bonchev–Trinajstić information content (AvgIpc) is 3.21. The summed E-state index contributed by atoms with van der Waals surface area (Å²) in [6.45, 7) is 1.75. The summed E-state index contributed by atoms with van der Waals surface area (Å²) in [6, 6.07) is 10.9. The van der Waals surface area contributed by atoms with Crippen molar-refractivity contribution in [3.8, 4) is 11.1 Å². The Kier molecular flexibility index (Phi) is 6.00. The van der Waals surface area contributed by atoms with Gasteiger partial charge in [-0.25, -0.2) is 18.7 Å². The molecule has 150 valence electrons. The molecule has 9 heteroatoms. The molecule has 0 unspecified atom stereocenters. The first kappa shape index (κ1) is 20.6. The maximum atomic E-state index is 13.4. The maximum Gasteiger partial charge on any atom is 0.284 e. The molecule has 0 aliphatic rings. The van der Waals surface area contributed by atoms with E-state index in [1.165, 1.54) is 17.6 Å². The van der Waals surface area contributed by atoms with Gasteiger partial charge in [-0.3, -0.25) is 14.8 Å². The van der Waals surface area contributed by atoms with Crippen LogP contribution in [0.2, 0.25) is 0 Å². The van der Waals surface area contributed by atoms with E-state index >= 15 is 0 Å². The maximum absolute atomic E-state index is 13.4. The van der Waals surface area contributed by atoms with E-state index in [1.54, 1.807) is 31.2 Å². The molecule has 29 heavy (non-hydrogen) atoms. The summed E-state index contributed by atoms with van der Waals surface area (Å²) in [4.78, 5) is 24.2. The lowest BCUT2D eigenvalue weighted by atomic mass is 10.0. The molecule has 1 aromatic heterocycles. The van der Waals surface area contributed by atoms with Crippen LogP contribution in [0.3, 0.4) is 0 Å². The Morgan fingerprint density at radius 3 is 2.00 bits per heavy atom. The Morgan fingerprint density at radius 2 is 1.45 bits per heavy atom. The molecular weight excluding hydrogens is 405 g/mol. The lowest BCUT2D eigenvalue weighted by Gasteiger charge is -2.14. The van der Waals surface area contributed by atoms with Crippen LogP contribution in [0.4, 0.5) is 13.2 Å². The molecule has 5 nitrogen and oxygen atoms in total. The van der Waals surface area contributed by atoms with Gasteiger partial charge in [-0.1, -0.05) is 24.3 Å². The minimum atomic E-state index is -1.52. The first-order valence-electron chi connectivity index (χ1n) is 8.40. The average molecular weight is 420 g/mol. The SMILES string of the molecule is C[C@@H](NC(=O)c1ccc(C(=O)NO)s1)c1ccc(-c2cc(F)c(F)c(F)c2)cc1. The molecule has 0 saturated carbocycles. The third-order valence-electron chi connectivity index (χ3n) is 4.23. The van der Waals surface area contributed by atoms with Gasteiger partial charge in [0.15, 0.2) is 17.5 Å². The van der Waals surface area contributed by atoms with Crippen LogP contribution in [0.5, 0.6) is 0 Å². The minimum absolute atomic E-state index is 0.188. The number of thiophene rings is 1. The van der Waals surface area contributed by atoms with Crippen LogP contribution >= 0.6 is 11.3 Å². The highest BCUT2D eigenvalue weighted by Crippen LogP contribution is 2.26. The fraction of sp³-hybridized carbons (Fsp3) is 0.100. The molecule has 1 heterocycles. The monoisotopic (exact) mass is 420 g/mol. The number of hydrogen-bond acceptors (Lipinski definition) is 4. The number of amides is 2. The molecule has 3 aromatic rings. The molecule has 0 fully saturated rings. The largest absolute Gasteiger partial charge is 0.345 e. The zero-order valence-electron chi connectivity index (χ0n) is 15.0. The molecule has 0 spiro atoms. The summed E-state index contributed by atoms with van der Waals surface area (Å²) in [5.74, 6) is -5.16. The van der Waals surface area contributed by atoms with E-state index in [9.17, 15) is 22.8 Å². The highest BCUT2D eigenvalue weighted by atomic mass is 32.1. The highest BCUT2D eigenvalue weighted by molar-refractivity contribution is 7.15. The highest BCUT2D eigenvalue weighted by Gasteiger charge is 2.16. The smallest absolute Gasteiger partial charge is 0.284 e. The number of halogens is 3. The third kappa shape index (κ3) is 4.47. The van der Waals surface area contributed by atoms with Gasteiger partial charge in [0.1, 0.15) is 0 Å². The second-order valence-electron chi connectivity index (χ2n) is 6.18. The lowest BCUT2D eigenvalue weighted by molar-refractivity contribution is 0.0711. The van der Waals surface area contributed by atoms with Crippen LogP contribution in [0, 0.1) is 17.5 Å². The van der Waals surface area contributed by atoms with E-state index in [2.05, 4.69) is 5.32 Å². The first-order chi connectivity index (χ1) is 13.8. The Bertz CT molecular complexity index is 1040. The van der Waals surface area contributed by atoms with Crippen molar-refractivity contribution in [1.82, 2.24) is 10.8 Å². The molecule has 2 amide bonds. The minimum Gasteiger partial charge on any atom is -0.345 e. The zero-order valence-corrected chi connectivity index (χ0v) is 15.8. The third-order valence-corrected chi connectivity index (χ3v) is 5.31. The second kappa shape index (κ2) is 8.46. The Balaban J connectivity index is 1.72. The normalized spacial score (nSPS) is 11.8. The predicted molar refractivity (Wildman–Crippen MR) is 101 cm³/mol. The number of carbonyl (C=O) groups is 2. The molecule has 0 aliphatic carbocycles. The van der Waals surface area contributed by atoms with Crippen molar-refractivity contribution in [2.75, 3.05) is 0 Å². The van der Waals surface area contributed by atoms with Crippen molar-refractivity contribution in [3.63, 3.8) is 0 Å². The zero-order chi connectivity index (χ0) is 21.1. The quantitative estimate of drug-likeness (QED) is 0.324. The summed E-state index contributed by atoms with van der Waals surface area (Å²) in [5.41, 5.74) is 2.91. The van der Waals surface area contributed by atoms with Gasteiger partial charge >= 0.3 is 0 Å². The summed E-state index contributed by atoms with van der Waals surface area (Å²) >= 11 is 0.929. The van der Waals surface area contributed by atoms with Crippen molar-refractivity contribution in [2.24, 2.45) is 0 Å². The van der Waals surface area contributed by atoms with Gasteiger partial charge in [0, 0.05) is 0 Å². The number of nitrogens with one attached hydrogen (secondary N) is 2. The van der Waals surface area contributed by atoms with Crippen LogP contribution in [0.25, 0.3) is 11.1 Å². The van der Waals surface area contributed by atoms with Crippen LogP contribution < -0.4 is 10.8 Å². The Hall–Kier alpha value is -3.17. The molecule has 3 N–H and O–H groups in total. The van der Waals surface area contributed by atoms with E-state index in [4.69, 9.17) is 5.21 Å². The molecule has 0 aliphatic heterocycles. The number of hydroxylamine groups is 1. The number of carbonyl (C=O) groups excluding carboxylic acids is 2. The van der Waals surface area contributed by atoms with Crippen LogP contribution in [0.15, 0.2) is 48.5 Å². The number of rotatable bonds is 5. The molecule has 0 saturated heterocycles. The summed E-state index contributed by atoms with van der Waals surface area (Å²) in [7, 11) is 0. The predicted octanol–water partition coefficient (Wildman–Crippen LogP) is 4.44. The topological polar surface area (TPSA) is 78.4 Å². The van der Waals surface area contributed by atoms with Crippen LogP contribution in [-0.4, -0.2) is 17.0 Å². The van der Waals surface area contributed by atoms with Gasteiger partial charge in [-0.15, -0.1) is 11.3 Å². The molecule has 0 bridgehead atoms. The van der Waals surface area contributed by atoms with E-state index < -0.39 is 35.3 Å². The van der Waals surface area contributed by atoms with Gasteiger partial charge < -0.3 is 5.32 Å². The van der Waals surface area contributed by atoms with Crippen molar-refractivity contribution in [1.29, 1.82) is 0 Å². The summed E-state index contributed by atoms with van der Waals surface area (Å²) in [6.07, 6.45) is 0. The lowest BCUT2D eigenvalue weighted by Crippen LogP contribution is -2.25. The second-order valence-corrected chi connectivity index (χ2v) is 7.26. The van der Waals surface area contributed by atoms with Crippen molar-refractivity contribution in [2.45, 2.75) is 13.0 Å². The van der Waals surface area contributed by atoms with Crippen LogP contribution in [-0.2, 0) is 0 Å². The van der Waals surface area contributed by atoms with Gasteiger partial charge in [0.2, 0.25) is 0 Å². The molecule has 3 rings (SSSR count). The van der Waals surface area contributed by atoms with Gasteiger partial charge in [0.05, 0.1) is 15.8 Å². The van der Waals surface area contributed by atoms with E-state index in [0.29, 0.717) is 10.4 Å². The van der Waals surface area contributed by atoms with Crippen LogP contribution in [0.1, 0.15) is 37.9 Å². The fourth-order valence-corrected chi connectivity index (χ4v) is 3.47. The molecule has 1 atom stereocenters. The van der Waals surface area contributed by atoms with Crippen molar-refractivity contribution < 1.29 is 28.0 Å². The van der Waals surface area contributed by atoms with E-state index in [-0.39, 0.29) is 10.4 Å². The molecule has 2 aromatic carbocycles. The van der Waals surface area contributed by atoms with E-state index in [0.717, 1.165) is 29.0 Å². The summed E-state index contributed by atoms with van der Waals surface area (Å²) < 4.78 is 39.9. The molecule has 0 radical (unpaired) electrons. The van der Waals surface area contributed by atoms with Gasteiger partial charge in [-0.2, -0.15) is 0 Å². The van der Waals surface area contributed by atoms with Crippen molar-refractivity contribution in [3.05, 3.63) is 81.3 Å². The Labute approximate surface area is 167 Å². The standard InChI is InChI=1S/C20H15F3N2O3S/c1-10(24-19(26)16-6-7-17(29-16)20(27)25-28)11-2-4-12(5-3-11)13-8-14(21)18(23)15(22)9-13/h2-10,28H,1H3,(H,24,26)(H,25,27)/t10-/m1/s1. The van der Waals surface area contributed by atoms with E-state index in [1.807, 2.05) is 0 Å². The van der Waals surface area contributed by atoms with Gasteiger partial charge in [0.25, 0.3) is 11.8 Å². The fourth-order valence-electron chi connectivity index (χ4n) is 2.67. The van der Waals surface area contributed by atoms with Crippen molar-refractivity contribution >= 4 is 23.2 Å². The number of benzene rings is 2. The molecular formula is C20H15F3N2O3S. The number of hydrogen-bond donors (Lipinski definition) is 3. The summed E-state index contributed by atoms with van der Waals surface area (Å²) in [5, 5.41) is 11.4.